The van der Waals surface area contributed by atoms with Gasteiger partial charge in [0.25, 0.3) is 0 Å². The van der Waals surface area contributed by atoms with Crippen LogP contribution in [0.3, 0.4) is 0 Å². The SMILES string of the molecule is CCCNCc1cc2ccc(OC)cc2c2cc(OC)c(OC)cc12.Cl. The Labute approximate surface area is 160 Å². The van der Waals surface area contributed by atoms with Crippen LogP contribution in [0.1, 0.15) is 18.9 Å². The summed E-state index contributed by atoms with van der Waals surface area (Å²) in [6.45, 7) is 3.99. The van der Waals surface area contributed by atoms with Gasteiger partial charge in [0.15, 0.2) is 11.5 Å². The molecule has 0 bridgehead atoms. The van der Waals surface area contributed by atoms with Crippen LogP contribution in [-0.2, 0) is 6.54 Å². The maximum Gasteiger partial charge on any atom is 0.161 e. The van der Waals surface area contributed by atoms with Crippen LogP contribution in [0, 0.1) is 0 Å². The van der Waals surface area contributed by atoms with E-state index in [1.54, 1.807) is 21.3 Å². The molecule has 0 spiro atoms. The summed E-state index contributed by atoms with van der Waals surface area (Å²) in [6, 6.07) is 12.5. The van der Waals surface area contributed by atoms with Crippen LogP contribution in [0.25, 0.3) is 21.5 Å². The molecular weight excluding hydrogens is 350 g/mol. The Hall–Kier alpha value is -2.17. The highest BCUT2D eigenvalue weighted by atomic mass is 35.5. The van der Waals surface area contributed by atoms with Crippen LogP contribution >= 0.6 is 12.4 Å². The van der Waals surface area contributed by atoms with Crippen molar-refractivity contribution >= 4 is 34.0 Å². The molecule has 0 radical (unpaired) electrons. The molecule has 0 aliphatic carbocycles. The van der Waals surface area contributed by atoms with Crippen molar-refractivity contribution in [3.8, 4) is 17.2 Å². The number of nitrogens with one attached hydrogen (secondary N) is 1. The van der Waals surface area contributed by atoms with Gasteiger partial charge in [-0.05, 0) is 70.4 Å². The van der Waals surface area contributed by atoms with Gasteiger partial charge < -0.3 is 19.5 Å². The van der Waals surface area contributed by atoms with Gasteiger partial charge in [-0.15, -0.1) is 12.4 Å². The van der Waals surface area contributed by atoms with Crippen molar-refractivity contribution in [1.82, 2.24) is 5.32 Å². The first-order valence-corrected chi connectivity index (χ1v) is 8.57. The third-order valence-electron chi connectivity index (χ3n) is 4.49. The molecule has 0 heterocycles. The largest absolute Gasteiger partial charge is 0.497 e. The van der Waals surface area contributed by atoms with Gasteiger partial charge in [-0.3, -0.25) is 0 Å². The summed E-state index contributed by atoms with van der Waals surface area (Å²) in [7, 11) is 5.03. The van der Waals surface area contributed by atoms with Crippen molar-refractivity contribution < 1.29 is 14.2 Å². The van der Waals surface area contributed by atoms with Crippen LogP contribution in [0.2, 0.25) is 0 Å². The first-order chi connectivity index (χ1) is 12.2. The normalized spacial score (nSPS) is 10.6. The molecule has 1 N–H and O–H groups in total. The summed E-state index contributed by atoms with van der Waals surface area (Å²) in [6.07, 6.45) is 1.11. The lowest BCUT2D eigenvalue weighted by Gasteiger charge is -2.15. The first kappa shape index (κ1) is 20.1. The third kappa shape index (κ3) is 3.81. The molecule has 0 aromatic heterocycles. The summed E-state index contributed by atoms with van der Waals surface area (Å²) in [5.41, 5.74) is 1.25. The summed E-state index contributed by atoms with van der Waals surface area (Å²) < 4.78 is 16.4. The fourth-order valence-electron chi connectivity index (χ4n) is 3.20. The fraction of sp³-hybridized carbons (Fsp3) is 0.333. The second-order valence-electron chi connectivity index (χ2n) is 6.05. The molecule has 0 aliphatic heterocycles. The van der Waals surface area contributed by atoms with Gasteiger partial charge >= 0.3 is 0 Å². The highest BCUT2D eigenvalue weighted by Crippen LogP contribution is 2.38. The van der Waals surface area contributed by atoms with Gasteiger partial charge in [0.05, 0.1) is 21.3 Å². The average molecular weight is 376 g/mol. The Morgan fingerprint density at radius 2 is 1.50 bits per heavy atom. The van der Waals surface area contributed by atoms with Crippen molar-refractivity contribution in [3.05, 3.63) is 42.0 Å². The minimum Gasteiger partial charge on any atom is -0.497 e. The Kier molecular flexibility index (Phi) is 6.95. The van der Waals surface area contributed by atoms with E-state index in [2.05, 4.69) is 42.6 Å². The Morgan fingerprint density at radius 1 is 0.808 bits per heavy atom. The number of hydrogen-bond donors (Lipinski definition) is 1. The van der Waals surface area contributed by atoms with Crippen molar-refractivity contribution in [2.75, 3.05) is 27.9 Å². The summed E-state index contributed by atoms with van der Waals surface area (Å²) >= 11 is 0. The summed E-state index contributed by atoms with van der Waals surface area (Å²) in [5.74, 6) is 2.33. The summed E-state index contributed by atoms with van der Waals surface area (Å²) in [5, 5.41) is 8.15. The number of benzene rings is 3. The predicted octanol–water partition coefficient (Wildman–Crippen LogP) is 4.94. The topological polar surface area (TPSA) is 39.7 Å². The molecule has 0 fully saturated rings. The highest BCUT2D eigenvalue weighted by molar-refractivity contribution is 6.10. The molecule has 0 amide bonds. The average Bonchev–Trinajstić information content (AvgIpc) is 2.66. The molecule has 3 aromatic rings. The summed E-state index contributed by atoms with van der Waals surface area (Å²) in [4.78, 5) is 0. The monoisotopic (exact) mass is 375 g/mol. The number of halogens is 1. The molecule has 0 atom stereocenters. The van der Waals surface area contributed by atoms with E-state index in [9.17, 15) is 0 Å². The second-order valence-corrected chi connectivity index (χ2v) is 6.05. The van der Waals surface area contributed by atoms with E-state index >= 15 is 0 Å². The zero-order chi connectivity index (χ0) is 17.8. The number of rotatable bonds is 7. The lowest BCUT2D eigenvalue weighted by molar-refractivity contribution is 0.356. The van der Waals surface area contributed by atoms with Gasteiger partial charge in [-0.25, -0.2) is 0 Å². The maximum absolute atomic E-state index is 5.52. The molecule has 26 heavy (non-hydrogen) atoms. The van der Waals surface area contributed by atoms with Crippen molar-refractivity contribution in [2.24, 2.45) is 0 Å². The van der Waals surface area contributed by atoms with Crippen molar-refractivity contribution in [1.29, 1.82) is 0 Å². The zero-order valence-electron chi connectivity index (χ0n) is 15.7. The highest BCUT2D eigenvalue weighted by Gasteiger charge is 2.13. The van der Waals surface area contributed by atoms with Crippen LogP contribution in [-0.4, -0.2) is 27.9 Å². The van der Waals surface area contributed by atoms with Crippen LogP contribution in [0.5, 0.6) is 17.2 Å². The minimum absolute atomic E-state index is 0. The fourth-order valence-corrected chi connectivity index (χ4v) is 3.20. The van der Waals surface area contributed by atoms with E-state index in [1.165, 1.54) is 16.3 Å². The number of ether oxygens (including phenoxy) is 3. The van der Waals surface area contributed by atoms with Crippen LogP contribution < -0.4 is 19.5 Å². The lowest BCUT2D eigenvalue weighted by atomic mass is 9.96. The Bertz CT molecular complexity index is 895. The van der Waals surface area contributed by atoms with E-state index < -0.39 is 0 Å². The Balaban J connectivity index is 0.00000243. The van der Waals surface area contributed by atoms with E-state index in [4.69, 9.17) is 14.2 Å². The minimum atomic E-state index is 0. The van der Waals surface area contributed by atoms with E-state index in [-0.39, 0.29) is 12.4 Å². The molecule has 3 aromatic carbocycles. The lowest BCUT2D eigenvalue weighted by Crippen LogP contribution is -2.14. The second kappa shape index (κ2) is 8.97. The first-order valence-electron chi connectivity index (χ1n) is 8.57. The molecule has 5 heteroatoms. The zero-order valence-corrected chi connectivity index (χ0v) is 16.5. The van der Waals surface area contributed by atoms with Gasteiger partial charge in [0.2, 0.25) is 0 Å². The number of methoxy groups -OCH3 is 3. The molecule has 3 rings (SSSR count). The van der Waals surface area contributed by atoms with Gasteiger partial charge in [0.1, 0.15) is 5.75 Å². The smallest absolute Gasteiger partial charge is 0.161 e. The molecule has 0 saturated heterocycles. The predicted molar refractivity (Wildman–Crippen MR) is 110 cm³/mol. The van der Waals surface area contributed by atoms with Gasteiger partial charge in [-0.2, -0.15) is 0 Å². The molecule has 0 saturated carbocycles. The molecular formula is C21H26ClNO3. The molecule has 140 valence electrons. The quantitative estimate of drug-likeness (QED) is 0.469. The standard InChI is InChI=1S/C21H25NO3.ClH/c1-5-8-22-13-15-9-14-6-7-16(23-2)10-17(14)19-12-21(25-4)20(24-3)11-18(15)19;/h6-7,9-12,22H,5,8,13H2,1-4H3;1H. The van der Waals surface area contributed by atoms with Crippen molar-refractivity contribution in [2.45, 2.75) is 19.9 Å². The molecule has 4 nitrogen and oxygen atoms in total. The maximum atomic E-state index is 5.52. The number of fused-ring (bicyclic) bond motifs is 3. The van der Waals surface area contributed by atoms with Gasteiger partial charge in [-0.1, -0.05) is 13.0 Å². The van der Waals surface area contributed by atoms with Crippen LogP contribution in [0.15, 0.2) is 36.4 Å². The van der Waals surface area contributed by atoms with E-state index in [0.717, 1.165) is 47.5 Å². The van der Waals surface area contributed by atoms with Crippen LogP contribution in [0.4, 0.5) is 0 Å². The molecule has 0 unspecified atom stereocenters. The Morgan fingerprint density at radius 3 is 2.12 bits per heavy atom. The number of hydrogen-bond acceptors (Lipinski definition) is 4. The van der Waals surface area contributed by atoms with Gasteiger partial charge in [0, 0.05) is 6.54 Å². The van der Waals surface area contributed by atoms with E-state index in [1.807, 2.05) is 6.07 Å². The van der Waals surface area contributed by atoms with Crippen molar-refractivity contribution in [3.63, 3.8) is 0 Å². The molecule has 0 aliphatic rings. The third-order valence-corrected chi connectivity index (χ3v) is 4.49. The van der Waals surface area contributed by atoms with E-state index in [0.29, 0.717) is 0 Å².